The third-order valence-corrected chi connectivity index (χ3v) is 7.12. The van der Waals surface area contributed by atoms with Crippen LogP contribution in [0.2, 0.25) is 4.34 Å². The van der Waals surface area contributed by atoms with Crippen LogP contribution in [0.25, 0.3) is 0 Å². The summed E-state index contributed by atoms with van der Waals surface area (Å²) in [6.07, 6.45) is -7.71. The van der Waals surface area contributed by atoms with E-state index in [1.807, 2.05) is 0 Å². The number of carbonyl (C=O) groups is 3. The minimum absolute atomic E-state index is 0.0159. The van der Waals surface area contributed by atoms with E-state index in [-0.39, 0.29) is 36.9 Å². The monoisotopic (exact) mass is 624 g/mol. The van der Waals surface area contributed by atoms with Gasteiger partial charge in [0.25, 0.3) is 18.2 Å². The highest BCUT2D eigenvalue weighted by molar-refractivity contribution is 7.18. The largest absolute Gasteiger partial charge is 0.418 e. The molecule has 3 rings (SSSR count). The number of morpholine rings is 1. The third-order valence-electron chi connectivity index (χ3n) is 5.89. The van der Waals surface area contributed by atoms with E-state index < -0.39 is 66.1 Å². The molecule has 8 nitrogen and oxygen atoms in total. The van der Waals surface area contributed by atoms with Gasteiger partial charge in [-0.2, -0.15) is 13.2 Å². The van der Waals surface area contributed by atoms with Gasteiger partial charge in [-0.3, -0.25) is 19.3 Å². The van der Waals surface area contributed by atoms with Crippen LogP contribution in [-0.4, -0.2) is 74.5 Å². The second kappa shape index (κ2) is 13.4. The average molecular weight is 625 g/mol. The van der Waals surface area contributed by atoms with Gasteiger partial charge >= 0.3 is 6.18 Å². The van der Waals surface area contributed by atoms with Crippen molar-refractivity contribution in [1.82, 2.24) is 10.2 Å². The summed E-state index contributed by atoms with van der Waals surface area (Å²) in [4.78, 5) is 40.6. The standard InChI is InChI=1S/C26H30ClF5N4O4S/c1-25(2,3)14-35(12-21(28)29)18(11-33-24(39)19-6-7-20(27)41-19)23(38)34-15-4-5-17(16(10-15)26(30,31)32)36-8-9-40-13-22(36)37/h4-7,10,18,21H,8-9,11-14H2,1-3H3,(H,33,39)(H,34,38)/t18-/m0/s1. The van der Waals surface area contributed by atoms with Gasteiger partial charge in [0.05, 0.1) is 33.6 Å². The fraction of sp³-hybridized carbons (Fsp3) is 0.500. The number of benzene rings is 1. The van der Waals surface area contributed by atoms with Crippen LogP contribution in [-0.2, 0) is 20.5 Å². The molecule has 1 aliphatic rings. The average Bonchev–Trinajstić information content (AvgIpc) is 3.29. The first-order chi connectivity index (χ1) is 19.0. The lowest BCUT2D eigenvalue weighted by atomic mass is 9.95. The van der Waals surface area contributed by atoms with Gasteiger partial charge in [-0.05, 0) is 35.7 Å². The number of alkyl halides is 5. The van der Waals surface area contributed by atoms with E-state index in [2.05, 4.69) is 10.6 Å². The molecule has 1 aromatic carbocycles. The van der Waals surface area contributed by atoms with Gasteiger partial charge in [0.15, 0.2) is 0 Å². The Balaban J connectivity index is 1.91. The number of nitrogens with one attached hydrogen (secondary N) is 2. The van der Waals surface area contributed by atoms with Crippen LogP contribution >= 0.6 is 22.9 Å². The summed E-state index contributed by atoms with van der Waals surface area (Å²) < 4.78 is 74.5. The van der Waals surface area contributed by atoms with Crippen LogP contribution in [0.3, 0.4) is 0 Å². The zero-order chi connectivity index (χ0) is 30.5. The normalized spacial score (nSPS) is 15.4. The maximum atomic E-state index is 14.0. The lowest BCUT2D eigenvalue weighted by molar-refractivity contribution is -0.137. The zero-order valence-electron chi connectivity index (χ0n) is 22.5. The van der Waals surface area contributed by atoms with Gasteiger partial charge in [0, 0.05) is 25.3 Å². The van der Waals surface area contributed by atoms with Crippen LogP contribution in [0.15, 0.2) is 30.3 Å². The first kappa shape index (κ1) is 32.7. The fourth-order valence-electron chi connectivity index (χ4n) is 4.26. The topological polar surface area (TPSA) is 91.0 Å². The molecule has 0 aliphatic carbocycles. The van der Waals surface area contributed by atoms with E-state index in [0.29, 0.717) is 10.4 Å². The highest BCUT2D eigenvalue weighted by atomic mass is 35.5. The van der Waals surface area contributed by atoms with Gasteiger partial charge in [0.2, 0.25) is 5.91 Å². The summed E-state index contributed by atoms with van der Waals surface area (Å²) in [6.45, 7) is 3.71. The van der Waals surface area contributed by atoms with E-state index in [0.717, 1.165) is 22.3 Å². The lowest BCUT2D eigenvalue weighted by Crippen LogP contribution is -2.54. The molecule has 41 heavy (non-hydrogen) atoms. The smallest absolute Gasteiger partial charge is 0.370 e. The molecule has 2 aromatic rings. The zero-order valence-corrected chi connectivity index (χ0v) is 24.1. The minimum Gasteiger partial charge on any atom is -0.370 e. The van der Waals surface area contributed by atoms with Crippen LogP contribution in [0.4, 0.5) is 33.3 Å². The first-order valence-electron chi connectivity index (χ1n) is 12.5. The van der Waals surface area contributed by atoms with E-state index >= 15 is 0 Å². The van der Waals surface area contributed by atoms with Crippen LogP contribution in [0.5, 0.6) is 0 Å². The van der Waals surface area contributed by atoms with Crippen LogP contribution in [0.1, 0.15) is 36.0 Å². The molecule has 1 fully saturated rings. The number of hydrogen-bond acceptors (Lipinski definition) is 6. The maximum absolute atomic E-state index is 14.0. The number of hydrogen-bond donors (Lipinski definition) is 2. The molecule has 226 valence electrons. The Morgan fingerprint density at radius 1 is 1.17 bits per heavy atom. The highest BCUT2D eigenvalue weighted by Gasteiger charge is 2.38. The van der Waals surface area contributed by atoms with Crippen molar-refractivity contribution in [2.45, 2.75) is 39.4 Å². The molecule has 0 unspecified atom stereocenters. The fourth-order valence-corrected chi connectivity index (χ4v) is 5.22. The number of anilines is 2. The quantitative estimate of drug-likeness (QED) is 0.358. The number of nitrogens with zero attached hydrogens (tertiary/aromatic N) is 2. The molecule has 0 radical (unpaired) electrons. The van der Waals surface area contributed by atoms with Crippen molar-refractivity contribution >= 4 is 52.0 Å². The van der Waals surface area contributed by atoms with Crippen molar-refractivity contribution in [3.63, 3.8) is 0 Å². The number of rotatable bonds is 10. The van der Waals surface area contributed by atoms with E-state index in [4.69, 9.17) is 16.3 Å². The number of halogens is 6. The first-order valence-corrected chi connectivity index (χ1v) is 13.7. The second-order valence-corrected chi connectivity index (χ2v) is 12.2. The van der Waals surface area contributed by atoms with Gasteiger partial charge in [-0.25, -0.2) is 8.78 Å². The predicted molar refractivity (Wildman–Crippen MR) is 146 cm³/mol. The summed E-state index contributed by atoms with van der Waals surface area (Å²) in [5.41, 5.74) is -2.37. The van der Waals surface area contributed by atoms with E-state index in [1.165, 1.54) is 23.1 Å². The molecule has 1 aliphatic heterocycles. The SMILES string of the molecule is CC(C)(C)CN(CC(F)F)[C@@H](CNC(=O)c1ccc(Cl)s1)C(=O)Nc1ccc(N2CCOCC2=O)c(C(F)(F)F)c1. The molecule has 2 N–H and O–H groups in total. The Morgan fingerprint density at radius 2 is 1.88 bits per heavy atom. The summed E-state index contributed by atoms with van der Waals surface area (Å²) >= 11 is 6.86. The summed E-state index contributed by atoms with van der Waals surface area (Å²) in [5.74, 6) is -2.14. The molecule has 1 aromatic heterocycles. The number of carbonyl (C=O) groups excluding carboxylic acids is 3. The van der Waals surface area contributed by atoms with Crippen molar-refractivity contribution in [2.24, 2.45) is 5.41 Å². The Bertz CT molecular complexity index is 1250. The molecule has 3 amide bonds. The maximum Gasteiger partial charge on any atom is 0.418 e. The molecule has 0 saturated carbocycles. The molecule has 2 heterocycles. The number of amides is 3. The molecule has 0 bridgehead atoms. The molecule has 1 saturated heterocycles. The Kier molecular flexibility index (Phi) is 10.7. The van der Waals surface area contributed by atoms with Crippen molar-refractivity contribution < 1.29 is 41.1 Å². The van der Waals surface area contributed by atoms with E-state index in [1.54, 1.807) is 20.8 Å². The molecular weight excluding hydrogens is 595 g/mol. The van der Waals surface area contributed by atoms with Crippen LogP contribution < -0.4 is 15.5 Å². The molecule has 15 heteroatoms. The summed E-state index contributed by atoms with van der Waals surface area (Å²) in [5, 5.41) is 4.92. The summed E-state index contributed by atoms with van der Waals surface area (Å²) in [6, 6.07) is 4.53. The number of ether oxygens (including phenoxy) is 1. The molecule has 1 atom stereocenters. The van der Waals surface area contributed by atoms with Gasteiger partial charge in [0.1, 0.15) is 12.6 Å². The third kappa shape index (κ3) is 9.35. The van der Waals surface area contributed by atoms with Crippen molar-refractivity contribution in [3.05, 3.63) is 45.1 Å². The molecule has 0 spiro atoms. The van der Waals surface area contributed by atoms with Crippen molar-refractivity contribution in [1.29, 1.82) is 0 Å². The summed E-state index contributed by atoms with van der Waals surface area (Å²) in [7, 11) is 0. The predicted octanol–water partition coefficient (Wildman–Crippen LogP) is 5.13. The second-order valence-electron chi connectivity index (χ2n) is 10.5. The van der Waals surface area contributed by atoms with Gasteiger partial charge in [-0.1, -0.05) is 32.4 Å². The van der Waals surface area contributed by atoms with Gasteiger partial charge in [-0.15, -0.1) is 11.3 Å². The Hall–Kier alpha value is -2.81. The van der Waals surface area contributed by atoms with Crippen molar-refractivity contribution in [2.75, 3.05) is 49.6 Å². The number of thiophene rings is 1. The Morgan fingerprint density at radius 3 is 2.44 bits per heavy atom. The van der Waals surface area contributed by atoms with E-state index in [9.17, 15) is 36.3 Å². The molecular formula is C26H30ClF5N4O4S. The Labute approximate surface area is 242 Å². The van der Waals surface area contributed by atoms with Crippen molar-refractivity contribution in [3.8, 4) is 0 Å². The minimum atomic E-state index is -4.88. The van der Waals surface area contributed by atoms with Gasteiger partial charge < -0.3 is 20.3 Å². The lowest BCUT2D eigenvalue weighted by Gasteiger charge is -2.35. The highest BCUT2D eigenvalue weighted by Crippen LogP contribution is 2.39. The van der Waals surface area contributed by atoms with Crippen LogP contribution in [0, 0.1) is 5.41 Å².